The Morgan fingerprint density at radius 2 is 1.15 bits per heavy atom. The lowest BCUT2D eigenvalue weighted by molar-refractivity contribution is 0.0927. The van der Waals surface area contributed by atoms with Crippen molar-refractivity contribution in [3.8, 4) is 11.5 Å². The van der Waals surface area contributed by atoms with Crippen molar-refractivity contribution < 1.29 is 9.47 Å². The van der Waals surface area contributed by atoms with Gasteiger partial charge in [0.1, 0.15) is 11.5 Å². The van der Waals surface area contributed by atoms with Crippen molar-refractivity contribution in [1.29, 1.82) is 0 Å². The van der Waals surface area contributed by atoms with Crippen molar-refractivity contribution in [2.45, 2.75) is 91.9 Å². The highest BCUT2D eigenvalue weighted by atomic mass is 16.5. The maximum atomic E-state index is 5.86. The summed E-state index contributed by atoms with van der Waals surface area (Å²) in [5, 5.41) is 0. The van der Waals surface area contributed by atoms with E-state index in [1.807, 2.05) is 0 Å². The number of anilines is 2. The summed E-state index contributed by atoms with van der Waals surface area (Å²) in [6, 6.07) is 17.1. The van der Waals surface area contributed by atoms with Crippen LogP contribution in [-0.4, -0.2) is 42.7 Å². The molecule has 3 rings (SSSR count). The summed E-state index contributed by atoms with van der Waals surface area (Å²) in [7, 11) is 0. The van der Waals surface area contributed by atoms with Crippen LogP contribution in [0.2, 0.25) is 0 Å². The molecule has 1 aliphatic heterocycles. The van der Waals surface area contributed by atoms with Gasteiger partial charge >= 0.3 is 0 Å². The second-order valence-electron chi connectivity index (χ2n) is 10.6. The minimum absolute atomic E-state index is 0.119. The lowest BCUT2D eigenvalue weighted by Crippen LogP contribution is -2.61. The van der Waals surface area contributed by atoms with E-state index < -0.39 is 0 Å². The summed E-state index contributed by atoms with van der Waals surface area (Å²) in [6.07, 6.45) is 5.37. The molecule has 0 amide bonds. The average Bonchev–Trinajstić information content (AvgIpc) is 2.79. The van der Waals surface area contributed by atoms with Crippen LogP contribution in [0.3, 0.4) is 0 Å². The minimum Gasteiger partial charge on any atom is -0.491 e. The molecule has 5 heteroatoms. The third kappa shape index (κ3) is 7.30. The normalized spacial score (nSPS) is 15.3. The summed E-state index contributed by atoms with van der Waals surface area (Å²) in [5.74, 6) is 1.84. The number of nitrogens with zero attached hydrogens (tertiary/aromatic N) is 3. The van der Waals surface area contributed by atoms with Gasteiger partial charge in [0, 0.05) is 16.9 Å². The van der Waals surface area contributed by atoms with Gasteiger partial charge in [-0.25, -0.2) is 0 Å². The van der Waals surface area contributed by atoms with Gasteiger partial charge in [-0.15, -0.1) is 0 Å². The number of benzene rings is 2. The minimum atomic E-state index is 0.119. The Morgan fingerprint density at radius 3 is 1.53 bits per heavy atom. The third-order valence-corrected chi connectivity index (χ3v) is 6.42. The molecule has 0 spiro atoms. The van der Waals surface area contributed by atoms with Crippen molar-refractivity contribution in [2.75, 3.05) is 29.8 Å². The fourth-order valence-electron chi connectivity index (χ4n) is 4.44. The molecule has 5 nitrogen and oxygen atoms in total. The molecule has 1 saturated heterocycles. The van der Waals surface area contributed by atoms with Gasteiger partial charge in [-0.05, 0) is 96.5 Å². The first-order valence-electron chi connectivity index (χ1n) is 13.0. The third-order valence-electron chi connectivity index (χ3n) is 6.42. The lowest BCUT2D eigenvalue weighted by atomic mass is 9.94. The molecule has 1 heterocycles. The molecule has 1 aliphatic rings. The summed E-state index contributed by atoms with van der Waals surface area (Å²) in [4.78, 5) is 7.54. The Labute approximate surface area is 207 Å². The highest BCUT2D eigenvalue weighted by Gasteiger charge is 2.33. The van der Waals surface area contributed by atoms with E-state index in [1.54, 1.807) is 0 Å². The van der Waals surface area contributed by atoms with Crippen molar-refractivity contribution >= 4 is 11.4 Å². The van der Waals surface area contributed by atoms with E-state index in [1.165, 1.54) is 37.1 Å². The van der Waals surface area contributed by atoms with Crippen molar-refractivity contribution in [3.05, 3.63) is 48.5 Å². The topological polar surface area (TPSA) is 28.2 Å². The number of hydrogen-bond acceptors (Lipinski definition) is 5. The molecule has 1 fully saturated rings. The molecule has 0 N–H and O–H groups in total. The van der Waals surface area contributed by atoms with Gasteiger partial charge in [-0.3, -0.25) is 4.90 Å². The maximum Gasteiger partial charge on any atom is 0.119 e. The van der Waals surface area contributed by atoms with Crippen LogP contribution in [0.25, 0.3) is 0 Å². The van der Waals surface area contributed by atoms with E-state index in [0.29, 0.717) is 0 Å². The number of unbranched alkanes of at least 4 members (excludes halogenated alkanes) is 2. The fraction of sp³-hybridized carbons (Fsp3) is 0.586. The number of ether oxygens (including phenoxy) is 2. The Morgan fingerprint density at radius 1 is 0.706 bits per heavy atom. The van der Waals surface area contributed by atoms with Crippen LogP contribution in [0.1, 0.15) is 74.1 Å². The quantitative estimate of drug-likeness (QED) is 0.328. The first-order valence-corrected chi connectivity index (χ1v) is 13.0. The zero-order valence-corrected chi connectivity index (χ0v) is 22.4. The average molecular weight is 468 g/mol. The highest BCUT2D eigenvalue weighted by molar-refractivity contribution is 5.55. The Hall–Kier alpha value is -2.40. The second kappa shape index (κ2) is 11.8. The van der Waals surface area contributed by atoms with Gasteiger partial charge < -0.3 is 19.3 Å². The van der Waals surface area contributed by atoms with Gasteiger partial charge in [-0.1, -0.05) is 26.2 Å². The van der Waals surface area contributed by atoms with Crippen LogP contribution in [0.15, 0.2) is 48.5 Å². The SMILES string of the molecule is CCCCCC(C)(C)N1CN(c2ccc(OC(C)C)cc2)CN(c2ccc(OC(C)C)cc2)C1. The van der Waals surface area contributed by atoms with E-state index in [0.717, 1.165) is 31.5 Å². The molecule has 0 saturated carbocycles. The van der Waals surface area contributed by atoms with Crippen molar-refractivity contribution in [3.63, 3.8) is 0 Å². The van der Waals surface area contributed by atoms with E-state index in [2.05, 4.69) is 112 Å². The van der Waals surface area contributed by atoms with Gasteiger partial charge in [-0.2, -0.15) is 0 Å². The van der Waals surface area contributed by atoms with Gasteiger partial charge in [0.25, 0.3) is 0 Å². The van der Waals surface area contributed by atoms with E-state index >= 15 is 0 Å². The summed E-state index contributed by atoms with van der Waals surface area (Å²) in [6.45, 7) is 18.0. The molecule has 34 heavy (non-hydrogen) atoms. The molecule has 0 atom stereocenters. The van der Waals surface area contributed by atoms with Crippen molar-refractivity contribution in [1.82, 2.24) is 4.90 Å². The molecule has 0 radical (unpaired) electrons. The predicted molar refractivity (Wildman–Crippen MR) is 144 cm³/mol. The van der Waals surface area contributed by atoms with Gasteiger partial charge in [0.2, 0.25) is 0 Å². The smallest absolute Gasteiger partial charge is 0.119 e. The summed E-state index contributed by atoms with van der Waals surface area (Å²) in [5.41, 5.74) is 2.55. The molecule has 0 bridgehead atoms. The van der Waals surface area contributed by atoms with Gasteiger partial charge in [0.15, 0.2) is 0 Å². The zero-order chi connectivity index (χ0) is 24.7. The van der Waals surface area contributed by atoms with Crippen LogP contribution in [0.4, 0.5) is 11.4 Å². The van der Waals surface area contributed by atoms with Crippen LogP contribution >= 0.6 is 0 Å². The molecular weight excluding hydrogens is 422 g/mol. The van der Waals surface area contributed by atoms with E-state index in [9.17, 15) is 0 Å². The Bertz CT molecular complexity index is 800. The largest absolute Gasteiger partial charge is 0.491 e. The van der Waals surface area contributed by atoms with Crippen LogP contribution in [-0.2, 0) is 0 Å². The fourth-order valence-corrected chi connectivity index (χ4v) is 4.44. The van der Waals surface area contributed by atoms with E-state index in [-0.39, 0.29) is 17.7 Å². The second-order valence-corrected chi connectivity index (χ2v) is 10.6. The molecule has 0 aromatic heterocycles. The first kappa shape index (κ1) is 26.2. The highest BCUT2D eigenvalue weighted by Crippen LogP contribution is 2.31. The standard InChI is InChI=1S/C29H45N3O2/c1-8-9-10-19-29(6,7)32-21-30(25-11-15-27(16-12-25)33-23(2)3)20-31(22-32)26-13-17-28(18-14-26)34-24(4)5/h11-18,23-24H,8-10,19-22H2,1-7H3. The van der Waals surface area contributed by atoms with Crippen LogP contribution in [0, 0.1) is 0 Å². The molecule has 0 aliphatic carbocycles. The Balaban J connectivity index is 1.82. The summed E-state index contributed by atoms with van der Waals surface area (Å²) < 4.78 is 11.7. The Kier molecular flexibility index (Phi) is 9.12. The van der Waals surface area contributed by atoms with Crippen LogP contribution < -0.4 is 19.3 Å². The molecule has 2 aromatic carbocycles. The lowest BCUT2D eigenvalue weighted by Gasteiger charge is -2.50. The van der Waals surface area contributed by atoms with Crippen molar-refractivity contribution in [2.24, 2.45) is 0 Å². The van der Waals surface area contributed by atoms with Crippen LogP contribution in [0.5, 0.6) is 11.5 Å². The molecule has 188 valence electrons. The maximum absolute atomic E-state index is 5.86. The number of hydrogen-bond donors (Lipinski definition) is 0. The zero-order valence-electron chi connectivity index (χ0n) is 22.4. The van der Waals surface area contributed by atoms with Gasteiger partial charge in [0.05, 0.1) is 32.2 Å². The summed E-state index contributed by atoms with van der Waals surface area (Å²) >= 11 is 0. The molecular formula is C29H45N3O2. The molecule has 2 aromatic rings. The molecule has 0 unspecified atom stereocenters. The van der Waals surface area contributed by atoms with E-state index in [4.69, 9.17) is 9.47 Å². The predicted octanol–water partition coefficient (Wildman–Crippen LogP) is 7.12. The monoisotopic (exact) mass is 467 g/mol. The first-order chi connectivity index (χ1) is 16.2. The number of rotatable bonds is 11.